The highest BCUT2D eigenvalue weighted by atomic mass is 32.1. The molecule has 114 valence electrons. The summed E-state index contributed by atoms with van der Waals surface area (Å²) in [6.45, 7) is 2.06. The summed E-state index contributed by atoms with van der Waals surface area (Å²) in [5, 5.41) is 11.9. The third-order valence-corrected chi connectivity index (χ3v) is 4.72. The number of aryl methyl sites for hydroxylation is 1. The minimum absolute atomic E-state index is 0.0187. The van der Waals surface area contributed by atoms with Gasteiger partial charge >= 0.3 is 0 Å². The lowest BCUT2D eigenvalue weighted by molar-refractivity contribution is 0.281. The first kappa shape index (κ1) is 14.1. The average molecular weight is 321 g/mol. The molecule has 0 radical (unpaired) electrons. The molecule has 0 aliphatic rings. The van der Waals surface area contributed by atoms with Crippen LogP contribution in [0.2, 0.25) is 0 Å². The third-order valence-electron chi connectivity index (χ3n) is 3.89. The molecule has 0 fully saturated rings. The predicted octanol–water partition coefficient (Wildman–Crippen LogP) is 3.93. The summed E-state index contributed by atoms with van der Waals surface area (Å²) in [6.07, 6.45) is 2.06. The number of fused-ring (bicyclic) bond motifs is 1. The molecule has 5 heteroatoms. The fourth-order valence-electron chi connectivity index (χ4n) is 2.70. The smallest absolute Gasteiger partial charge is 0.137 e. The normalized spacial score (nSPS) is 11.2. The van der Waals surface area contributed by atoms with E-state index in [1.807, 2.05) is 35.7 Å². The van der Waals surface area contributed by atoms with E-state index >= 15 is 0 Å². The fraction of sp³-hybridized carbons (Fsp3) is 0.111. The molecule has 4 nitrogen and oxygen atoms in total. The molecule has 1 aromatic carbocycles. The number of pyridine rings is 1. The third kappa shape index (κ3) is 2.44. The van der Waals surface area contributed by atoms with Crippen molar-refractivity contribution < 1.29 is 5.11 Å². The van der Waals surface area contributed by atoms with Crippen LogP contribution in [0.15, 0.2) is 54.0 Å². The molecule has 0 saturated carbocycles. The van der Waals surface area contributed by atoms with Crippen molar-refractivity contribution in [3.63, 3.8) is 0 Å². The van der Waals surface area contributed by atoms with Crippen LogP contribution in [0.4, 0.5) is 0 Å². The Labute approximate surface area is 137 Å². The zero-order chi connectivity index (χ0) is 15.8. The Kier molecular flexibility index (Phi) is 3.44. The van der Waals surface area contributed by atoms with Gasteiger partial charge in [0.25, 0.3) is 0 Å². The Morgan fingerprint density at radius 1 is 1.04 bits per heavy atom. The molecule has 0 unspecified atom stereocenters. The standard InChI is InChI=1S/C18H15N3OS/c1-12-18(13-5-3-2-4-6-13)20-16-8-7-14(9-21(12)16)15-11-23-17(10-22)19-15/h2-9,11,22H,10H2,1H3. The summed E-state index contributed by atoms with van der Waals surface area (Å²) in [5.41, 5.74) is 6.04. The average Bonchev–Trinajstić information content (AvgIpc) is 3.20. The van der Waals surface area contributed by atoms with E-state index in [4.69, 9.17) is 4.98 Å². The second-order valence-electron chi connectivity index (χ2n) is 5.34. The summed E-state index contributed by atoms with van der Waals surface area (Å²) in [7, 11) is 0. The molecule has 4 aromatic rings. The van der Waals surface area contributed by atoms with Crippen molar-refractivity contribution >= 4 is 17.0 Å². The van der Waals surface area contributed by atoms with E-state index in [-0.39, 0.29) is 6.61 Å². The van der Waals surface area contributed by atoms with Gasteiger partial charge in [-0.25, -0.2) is 9.97 Å². The van der Waals surface area contributed by atoms with Gasteiger partial charge in [0, 0.05) is 28.4 Å². The second kappa shape index (κ2) is 5.61. The molecule has 23 heavy (non-hydrogen) atoms. The number of thiazole rings is 1. The maximum atomic E-state index is 9.18. The molecule has 3 aromatic heterocycles. The van der Waals surface area contributed by atoms with Crippen LogP contribution >= 0.6 is 11.3 Å². The van der Waals surface area contributed by atoms with Gasteiger partial charge in [-0.2, -0.15) is 0 Å². The molecule has 1 N–H and O–H groups in total. The van der Waals surface area contributed by atoms with Crippen molar-refractivity contribution in [1.29, 1.82) is 0 Å². The van der Waals surface area contributed by atoms with Crippen LogP contribution < -0.4 is 0 Å². The van der Waals surface area contributed by atoms with Gasteiger partial charge in [0.1, 0.15) is 10.7 Å². The first-order valence-electron chi connectivity index (χ1n) is 7.36. The number of hydrogen-bond donors (Lipinski definition) is 1. The maximum absolute atomic E-state index is 9.18. The molecule has 0 aliphatic carbocycles. The highest BCUT2D eigenvalue weighted by Gasteiger charge is 2.12. The molecule has 0 bridgehead atoms. The highest BCUT2D eigenvalue weighted by Crippen LogP contribution is 2.27. The van der Waals surface area contributed by atoms with Gasteiger partial charge in [0.05, 0.1) is 18.0 Å². The number of imidazole rings is 1. The molecule has 0 atom stereocenters. The van der Waals surface area contributed by atoms with Gasteiger partial charge in [-0.1, -0.05) is 30.3 Å². The largest absolute Gasteiger partial charge is 0.389 e. The summed E-state index contributed by atoms with van der Waals surface area (Å²) >= 11 is 1.47. The fourth-order valence-corrected chi connectivity index (χ4v) is 3.36. The summed E-state index contributed by atoms with van der Waals surface area (Å²) in [5.74, 6) is 0. The molecule has 0 saturated heterocycles. The lowest BCUT2D eigenvalue weighted by Gasteiger charge is -2.01. The van der Waals surface area contributed by atoms with E-state index < -0.39 is 0 Å². The number of benzene rings is 1. The van der Waals surface area contributed by atoms with E-state index in [9.17, 15) is 5.11 Å². The van der Waals surface area contributed by atoms with Gasteiger partial charge in [-0.05, 0) is 19.1 Å². The van der Waals surface area contributed by atoms with Crippen LogP contribution in [-0.2, 0) is 6.61 Å². The van der Waals surface area contributed by atoms with Crippen molar-refractivity contribution in [2.45, 2.75) is 13.5 Å². The minimum atomic E-state index is -0.0187. The molecule has 0 spiro atoms. The number of rotatable bonds is 3. The number of nitrogens with zero attached hydrogens (tertiary/aromatic N) is 3. The molecule has 0 aliphatic heterocycles. The summed E-state index contributed by atoms with van der Waals surface area (Å²) < 4.78 is 2.09. The van der Waals surface area contributed by atoms with Crippen molar-refractivity contribution in [2.75, 3.05) is 0 Å². The van der Waals surface area contributed by atoms with E-state index in [0.717, 1.165) is 38.9 Å². The van der Waals surface area contributed by atoms with E-state index in [0.29, 0.717) is 0 Å². The van der Waals surface area contributed by atoms with Crippen molar-refractivity contribution in [1.82, 2.24) is 14.4 Å². The molecule has 3 heterocycles. The number of aliphatic hydroxyl groups excluding tert-OH is 1. The van der Waals surface area contributed by atoms with E-state index in [1.54, 1.807) is 0 Å². The topological polar surface area (TPSA) is 50.4 Å². The van der Waals surface area contributed by atoms with E-state index in [2.05, 4.69) is 34.6 Å². The molecule has 4 rings (SSSR count). The monoisotopic (exact) mass is 321 g/mol. The Bertz CT molecular complexity index is 973. The van der Waals surface area contributed by atoms with Gasteiger partial charge in [-0.3, -0.25) is 0 Å². The first-order chi connectivity index (χ1) is 11.3. The van der Waals surface area contributed by atoms with Gasteiger partial charge < -0.3 is 9.51 Å². The van der Waals surface area contributed by atoms with Crippen LogP contribution in [0.25, 0.3) is 28.2 Å². The Morgan fingerprint density at radius 2 is 1.87 bits per heavy atom. The van der Waals surface area contributed by atoms with E-state index in [1.165, 1.54) is 11.3 Å². The highest BCUT2D eigenvalue weighted by molar-refractivity contribution is 7.09. The number of aliphatic hydroxyl groups is 1. The Morgan fingerprint density at radius 3 is 2.61 bits per heavy atom. The van der Waals surface area contributed by atoms with Crippen LogP contribution in [-0.4, -0.2) is 19.5 Å². The molecule has 0 amide bonds. The SMILES string of the molecule is Cc1c(-c2ccccc2)nc2ccc(-c3csc(CO)n3)cn12. The van der Waals surface area contributed by atoms with Crippen LogP contribution in [0.3, 0.4) is 0 Å². The first-order valence-corrected chi connectivity index (χ1v) is 8.24. The molecular weight excluding hydrogens is 306 g/mol. The Hall–Kier alpha value is -2.50. The van der Waals surface area contributed by atoms with Crippen molar-refractivity contribution in [3.05, 3.63) is 64.7 Å². The Balaban J connectivity index is 1.84. The number of hydrogen-bond acceptors (Lipinski definition) is 4. The van der Waals surface area contributed by atoms with Crippen LogP contribution in [0, 0.1) is 6.92 Å². The lowest BCUT2D eigenvalue weighted by Crippen LogP contribution is -1.90. The zero-order valence-corrected chi connectivity index (χ0v) is 13.4. The van der Waals surface area contributed by atoms with Crippen LogP contribution in [0.5, 0.6) is 0 Å². The van der Waals surface area contributed by atoms with Gasteiger partial charge in [0.2, 0.25) is 0 Å². The predicted molar refractivity (Wildman–Crippen MR) is 92.4 cm³/mol. The summed E-state index contributed by atoms with van der Waals surface area (Å²) in [4.78, 5) is 9.18. The number of aromatic nitrogens is 3. The minimum Gasteiger partial charge on any atom is -0.389 e. The van der Waals surface area contributed by atoms with Crippen molar-refractivity contribution in [2.24, 2.45) is 0 Å². The second-order valence-corrected chi connectivity index (χ2v) is 6.29. The lowest BCUT2D eigenvalue weighted by atomic mass is 10.1. The van der Waals surface area contributed by atoms with Gasteiger partial charge in [-0.15, -0.1) is 11.3 Å². The van der Waals surface area contributed by atoms with Gasteiger partial charge in [0.15, 0.2) is 0 Å². The maximum Gasteiger partial charge on any atom is 0.137 e. The van der Waals surface area contributed by atoms with Crippen LogP contribution in [0.1, 0.15) is 10.7 Å². The summed E-state index contributed by atoms with van der Waals surface area (Å²) in [6, 6.07) is 14.2. The molecular formula is C18H15N3OS. The zero-order valence-electron chi connectivity index (χ0n) is 12.6. The van der Waals surface area contributed by atoms with Crippen molar-refractivity contribution in [3.8, 4) is 22.5 Å². The quantitative estimate of drug-likeness (QED) is 0.622.